The highest BCUT2D eigenvalue weighted by molar-refractivity contribution is 5.89. The molecular weight excluding hydrogens is 392 g/mol. The number of aliphatic hydroxyl groups is 1. The van der Waals surface area contributed by atoms with Crippen LogP contribution >= 0.6 is 0 Å². The highest BCUT2D eigenvalue weighted by atomic mass is 16.2. The first-order valence-electron chi connectivity index (χ1n) is 10.3. The number of nitrogens with two attached hydrogens (primary N) is 1. The summed E-state index contributed by atoms with van der Waals surface area (Å²) in [5, 5.41) is 15.0. The van der Waals surface area contributed by atoms with E-state index in [0.29, 0.717) is 18.1 Å². The Hall–Kier alpha value is -3.65. The Bertz CT molecular complexity index is 1250. The van der Waals surface area contributed by atoms with Crippen LogP contribution < -0.4 is 16.4 Å². The van der Waals surface area contributed by atoms with Crippen LogP contribution in [0, 0.1) is 13.8 Å². The summed E-state index contributed by atoms with van der Waals surface area (Å²) in [5.74, 6) is 0.715. The number of aromatic nitrogens is 3. The predicted octanol–water partition coefficient (Wildman–Crippen LogP) is 3.84. The van der Waals surface area contributed by atoms with Crippen molar-refractivity contribution in [2.45, 2.75) is 26.7 Å². The molecule has 0 unspecified atom stereocenters. The number of fused-ring (bicyclic) bond motifs is 3. The summed E-state index contributed by atoms with van der Waals surface area (Å²) < 4.78 is 2.11. The number of carbonyl (C=O) groups excluding carboxylic acids is 1. The van der Waals surface area contributed by atoms with Gasteiger partial charge in [0.2, 0.25) is 0 Å². The number of carbonyl (C=O) groups is 1. The second-order valence-corrected chi connectivity index (χ2v) is 7.61. The molecule has 0 spiro atoms. The van der Waals surface area contributed by atoms with Gasteiger partial charge in [0.15, 0.2) is 11.5 Å². The molecule has 0 saturated carbocycles. The van der Waals surface area contributed by atoms with Crippen LogP contribution in [-0.2, 0) is 0 Å². The number of hydrogen-bond acceptors (Lipinski definition) is 5. The van der Waals surface area contributed by atoms with Crippen molar-refractivity contribution in [3.63, 3.8) is 0 Å². The topological polar surface area (TPSA) is 118 Å². The van der Waals surface area contributed by atoms with Gasteiger partial charge in [0, 0.05) is 24.4 Å². The minimum Gasteiger partial charge on any atom is -0.396 e. The lowest BCUT2D eigenvalue weighted by Gasteiger charge is -2.13. The lowest BCUT2D eigenvalue weighted by atomic mass is 10.1. The fraction of sp³-hybridized carbons (Fsp3) is 0.261. The summed E-state index contributed by atoms with van der Waals surface area (Å²) in [6.07, 6.45) is 3.42. The van der Waals surface area contributed by atoms with Crippen LogP contribution in [0.3, 0.4) is 0 Å². The Balaban J connectivity index is 1.85. The Morgan fingerprint density at radius 2 is 1.87 bits per heavy atom. The molecule has 0 atom stereocenters. The molecule has 2 amide bonds. The van der Waals surface area contributed by atoms with Gasteiger partial charge in [-0.15, -0.1) is 0 Å². The van der Waals surface area contributed by atoms with Crippen LogP contribution in [0.5, 0.6) is 0 Å². The highest BCUT2D eigenvalue weighted by Crippen LogP contribution is 2.30. The summed E-state index contributed by atoms with van der Waals surface area (Å²) >= 11 is 0. The molecule has 0 saturated heterocycles. The Morgan fingerprint density at radius 3 is 2.58 bits per heavy atom. The number of benzene rings is 2. The highest BCUT2D eigenvalue weighted by Gasteiger charge is 2.15. The average molecular weight is 419 g/mol. The van der Waals surface area contributed by atoms with Gasteiger partial charge in [0.25, 0.3) is 0 Å². The molecule has 0 radical (unpaired) electrons. The number of aliphatic hydroxyl groups excluding tert-OH is 1. The largest absolute Gasteiger partial charge is 0.396 e. The number of urea groups is 1. The third-order valence-electron chi connectivity index (χ3n) is 5.36. The van der Waals surface area contributed by atoms with Crippen LogP contribution in [0.25, 0.3) is 27.9 Å². The molecule has 31 heavy (non-hydrogen) atoms. The molecule has 0 fully saturated rings. The number of nitrogens with one attached hydrogen (secondary N) is 2. The van der Waals surface area contributed by atoms with E-state index in [9.17, 15) is 4.79 Å². The molecule has 2 aromatic heterocycles. The zero-order valence-corrected chi connectivity index (χ0v) is 17.6. The molecule has 4 aromatic rings. The van der Waals surface area contributed by atoms with E-state index >= 15 is 0 Å². The Morgan fingerprint density at radius 1 is 1.13 bits per heavy atom. The number of hydrogen-bond donors (Lipinski definition) is 4. The van der Waals surface area contributed by atoms with E-state index in [1.165, 1.54) is 11.1 Å². The van der Waals surface area contributed by atoms with Crippen molar-refractivity contribution in [3.8, 4) is 11.3 Å². The minimum absolute atomic E-state index is 0.175. The molecule has 2 heterocycles. The molecule has 5 N–H and O–H groups in total. The number of anilines is 2. The number of primary amides is 1. The van der Waals surface area contributed by atoms with Crippen molar-refractivity contribution in [1.29, 1.82) is 0 Å². The van der Waals surface area contributed by atoms with Gasteiger partial charge in [-0.3, -0.25) is 4.40 Å². The molecule has 8 nitrogen and oxygen atoms in total. The monoisotopic (exact) mass is 418 g/mol. The van der Waals surface area contributed by atoms with Gasteiger partial charge in [-0.2, -0.15) is 0 Å². The summed E-state index contributed by atoms with van der Waals surface area (Å²) in [4.78, 5) is 20.6. The van der Waals surface area contributed by atoms with Crippen LogP contribution in [0.15, 0.2) is 42.6 Å². The number of nitrogens with zero attached hydrogens (tertiary/aromatic N) is 3. The van der Waals surface area contributed by atoms with Gasteiger partial charge in [0.1, 0.15) is 0 Å². The van der Waals surface area contributed by atoms with E-state index in [-0.39, 0.29) is 6.61 Å². The van der Waals surface area contributed by atoms with Gasteiger partial charge in [-0.1, -0.05) is 12.1 Å². The third-order valence-corrected chi connectivity index (χ3v) is 5.36. The van der Waals surface area contributed by atoms with E-state index < -0.39 is 6.03 Å². The summed E-state index contributed by atoms with van der Waals surface area (Å²) in [7, 11) is 0. The number of unbranched alkanes of at least 4 members (excludes halogenated alkanes) is 1. The smallest absolute Gasteiger partial charge is 0.316 e. The van der Waals surface area contributed by atoms with Crippen molar-refractivity contribution in [1.82, 2.24) is 14.4 Å². The van der Waals surface area contributed by atoms with Crippen molar-refractivity contribution in [3.05, 3.63) is 53.7 Å². The molecule has 8 heteroatoms. The summed E-state index contributed by atoms with van der Waals surface area (Å²) in [6, 6.07) is 11.1. The van der Waals surface area contributed by atoms with Crippen molar-refractivity contribution in [2.24, 2.45) is 5.73 Å². The first kappa shape index (κ1) is 20.6. The van der Waals surface area contributed by atoms with E-state index in [1.54, 1.807) is 0 Å². The molecule has 0 aliphatic rings. The van der Waals surface area contributed by atoms with E-state index in [2.05, 4.69) is 46.0 Å². The Labute approximate surface area is 180 Å². The molecule has 160 valence electrons. The lowest BCUT2D eigenvalue weighted by molar-refractivity contribution is 0.259. The molecule has 0 aliphatic heterocycles. The van der Waals surface area contributed by atoms with Gasteiger partial charge >= 0.3 is 6.03 Å². The first-order valence-corrected chi connectivity index (χ1v) is 10.3. The fourth-order valence-corrected chi connectivity index (χ4v) is 3.62. The quantitative estimate of drug-likeness (QED) is 0.340. The fourth-order valence-electron chi connectivity index (χ4n) is 3.62. The predicted molar refractivity (Wildman–Crippen MR) is 123 cm³/mol. The van der Waals surface area contributed by atoms with Crippen LogP contribution in [-0.4, -0.2) is 38.7 Å². The zero-order valence-electron chi connectivity index (χ0n) is 17.6. The van der Waals surface area contributed by atoms with Gasteiger partial charge in [-0.05, 0) is 62.1 Å². The number of amides is 2. The first-order chi connectivity index (χ1) is 15.0. The number of aryl methyl sites for hydroxylation is 2. The molecule has 0 aliphatic carbocycles. The van der Waals surface area contributed by atoms with Crippen LogP contribution in [0.2, 0.25) is 0 Å². The van der Waals surface area contributed by atoms with Gasteiger partial charge in [-0.25, -0.2) is 14.8 Å². The number of imidazole rings is 1. The van der Waals surface area contributed by atoms with Gasteiger partial charge < -0.3 is 21.5 Å². The average Bonchev–Trinajstić information content (AvgIpc) is 3.18. The van der Waals surface area contributed by atoms with Crippen LogP contribution in [0.4, 0.5) is 16.3 Å². The van der Waals surface area contributed by atoms with Crippen molar-refractivity contribution in [2.75, 3.05) is 23.8 Å². The lowest BCUT2D eigenvalue weighted by Crippen LogP contribution is -2.19. The zero-order chi connectivity index (χ0) is 22.0. The SMILES string of the molecule is Cc1cc2nc(NCCCCO)c3ncc(-c4ccc(NC(N)=O)cc4)n3c2cc1C. The molecular formula is C23H26N6O2. The molecule has 4 rings (SSSR count). The second-order valence-electron chi connectivity index (χ2n) is 7.61. The maximum absolute atomic E-state index is 11.1. The molecule has 0 bridgehead atoms. The van der Waals surface area contributed by atoms with Crippen molar-refractivity contribution < 1.29 is 9.90 Å². The minimum atomic E-state index is -0.595. The maximum atomic E-state index is 11.1. The number of rotatable bonds is 7. The van der Waals surface area contributed by atoms with Gasteiger partial charge in [0.05, 0.1) is 22.9 Å². The third kappa shape index (κ3) is 4.15. The standard InChI is InChI=1S/C23H26N6O2/c1-14-11-18-19(12-15(14)2)29-20(16-5-7-17(8-6-16)27-23(24)31)13-26-22(29)21(28-18)25-9-3-4-10-30/h5-8,11-13,30H,3-4,9-10H2,1-2H3,(H,25,28)(H3,24,27,31). The van der Waals surface area contributed by atoms with Crippen LogP contribution in [0.1, 0.15) is 24.0 Å². The van der Waals surface area contributed by atoms with E-state index in [0.717, 1.165) is 40.8 Å². The summed E-state index contributed by atoms with van der Waals surface area (Å²) in [5.41, 5.74) is 12.7. The summed E-state index contributed by atoms with van der Waals surface area (Å²) in [6.45, 7) is 5.04. The van der Waals surface area contributed by atoms with Crippen molar-refractivity contribution >= 4 is 34.2 Å². The van der Waals surface area contributed by atoms with E-state index in [1.807, 2.05) is 30.5 Å². The maximum Gasteiger partial charge on any atom is 0.316 e. The Kier molecular flexibility index (Phi) is 5.73. The van der Waals surface area contributed by atoms with E-state index in [4.69, 9.17) is 15.8 Å². The second kappa shape index (κ2) is 8.61. The normalized spacial score (nSPS) is 11.2. The molecule has 2 aromatic carbocycles.